The van der Waals surface area contributed by atoms with E-state index in [-0.39, 0.29) is 25.1 Å². The van der Waals surface area contributed by atoms with E-state index in [4.69, 9.17) is 11.1 Å². The van der Waals surface area contributed by atoms with Crippen LogP contribution >= 0.6 is 0 Å². The molecule has 0 aliphatic carbocycles. The third-order valence-corrected chi connectivity index (χ3v) is 1.02. The van der Waals surface area contributed by atoms with Crippen LogP contribution in [-0.4, -0.2) is 38.7 Å². The molecule has 0 spiro atoms. The predicted molar refractivity (Wildman–Crippen MR) is 44.8 cm³/mol. The molecule has 6 nitrogen and oxygen atoms in total. The minimum absolute atomic E-state index is 0.107. The lowest BCUT2D eigenvalue weighted by molar-refractivity contribution is -0.120. The van der Waals surface area contributed by atoms with Gasteiger partial charge in [-0.05, 0) is 7.05 Å². The predicted octanol–water partition coefficient (Wildman–Crippen LogP) is -1.77. The van der Waals surface area contributed by atoms with Crippen molar-refractivity contribution in [2.24, 2.45) is 5.73 Å². The van der Waals surface area contributed by atoms with Gasteiger partial charge in [-0.1, -0.05) is 0 Å². The number of hydrogen-bond donors (Lipinski definition) is 4. The number of likely N-dealkylation sites (N-methyl/N-ethyl adjacent to an activating group) is 1. The number of carbonyl (C=O) groups excluding carboxylic acids is 1. The van der Waals surface area contributed by atoms with Crippen molar-refractivity contribution in [1.82, 2.24) is 10.6 Å². The minimum atomic E-state index is -0.335. The summed E-state index contributed by atoms with van der Waals surface area (Å²) in [6.07, 6.45) is 0. The Labute approximate surface area is 71.0 Å². The fraction of sp³-hybridized carbons (Fsp3) is 0.667. The van der Waals surface area contributed by atoms with E-state index in [1.54, 1.807) is 7.05 Å². The maximum Gasteiger partial charge on any atom is 0.279 e. The van der Waals surface area contributed by atoms with Gasteiger partial charge in [0.25, 0.3) is 6.02 Å². The molecule has 0 rings (SSSR count). The number of nitrogens with two attached hydrogens (primary N) is 1. The SMILES string of the molecule is CNCC(=O)NCCOC(=N)N. The number of carbonyl (C=O) groups is 1. The Morgan fingerprint density at radius 1 is 1.67 bits per heavy atom. The van der Waals surface area contributed by atoms with Crippen molar-refractivity contribution in [1.29, 1.82) is 5.41 Å². The summed E-state index contributed by atoms with van der Waals surface area (Å²) >= 11 is 0. The van der Waals surface area contributed by atoms with E-state index in [0.29, 0.717) is 6.54 Å². The average molecular weight is 174 g/mol. The van der Waals surface area contributed by atoms with Gasteiger partial charge in [0.05, 0.1) is 13.1 Å². The molecule has 0 bridgehead atoms. The van der Waals surface area contributed by atoms with Crippen LogP contribution in [0.25, 0.3) is 0 Å². The molecular formula is C6H14N4O2. The summed E-state index contributed by atoms with van der Waals surface area (Å²) in [5.41, 5.74) is 4.90. The molecule has 5 N–H and O–H groups in total. The monoisotopic (exact) mass is 174 g/mol. The Kier molecular flexibility index (Phi) is 5.72. The molecule has 1 amide bonds. The standard InChI is InChI=1S/C6H14N4O2/c1-9-4-5(11)10-2-3-12-6(7)8/h9H,2-4H2,1H3,(H3,7,8)(H,10,11). The maximum atomic E-state index is 10.8. The number of rotatable bonds is 5. The highest BCUT2D eigenvalue weighted by Gasteiger charge is 1.96. The Bertz CT molecular complexity index is 160. The number of ether oxygens (including phenoxy) is 1. The summed E-state index contributed by atoms with van der Waals surface area (Å²) in [6.45, 7) is 0.866. The van der Waals surface area contributed by atoms with Crippen LogP contribution < -0.4 is 16.4 Å². The fourth-order valence-electron chi connectivity index (χ4n) is 0.574. The maximum absolute atomic E-state index is 10.8. The molecule has 0 aliphatic rings. The van der Waals surface area contributed by atoms with E-state index in [2.05, 4.69) is 15.4 Å². The van der Waals surface area contributed by atoms with Gasteiger partial charge < -0.3 is 21.1 Å². The van der Waals surface area contributed by atoms with Gasteiger partial charge in [0.15, 0.2) is 0 Å². The number of nitrogens with one attached hydrogen (secondary N) is 3. The molecule has 12 heavy (non-hydrogen) atoms. The van der Waals surface area contributed by atoms with Crippen molar-refractivity contribution in [2.75, 3.05) is 26.7 Å². The normalized spacial score (nSPS) is 9.08. The van der Waals surface area contributed by atoms with Gasteiger partial charge >= 0.3 is 0 Å². The van der Waals surface area contributed by atoms with Crippen LogP contribution in [0.4, 0.5) is 0 Å². The summed E-state index contributed by atoms with van der Waals surface area (Å²) in [5, 5.41) is 11.9. The zero-order valence-electron chi connectivity index (χ0n) is 7.02. The Morgan fingerprint density at radius 3 is 2.83 bits per heavy atom. The highest BCUT2D eigenvalue weighted by Crippen LogP contribution is 1.69. The molecule has 0 atom stereocenters. The van der Waals surface area contributed by atoms with Crippen molar-refractivity contribution in [3.8, 4) is 0 Å². The molecule has 0 radical (unpaired) electrons. The van der Waals surface area contributed by atoms with E-state index in [9.17, 15) is 4.79 Å². The third kappa shape index (κ3) is 6.81. The van der Waals surface area contributed by atoms with Crippen LogP contribution in [0, 0.1) is 5.41 Å². The van der Waals surface area contributed by atoms with Crippen molar-refractivity contribution in [3.05, 3.63) is 0 Å². The molecule has 0 aromatic rings. The lowest BCUT2D eigenvalue weighted by Crippen LogP contribution is -2.35. The van der Waals surface area contributed by atoms with Gasteiger partial charge in [-0.3, -0.25) is 10.2 Å². The zero-order valence-corrected chi connectivity index (χ0v) is 7.02. The van der Waals surface area contributed by atoms with Crippen molar-refractivity contribution >= 4 is 11.9 Å². The van der Waals surface area contributed by atoms with Crippen molar-refractivity contribution in [3.63, 3.8) is 0 Å². The van der Waals surface area contributed by atoms with Crippen LogP contribution in [0.2, 0.25) is 0 Å². The number of hydrogen-bond acceptors (Lipinski definition) is 4. The van der Waals surface area contributed by atoms with Crippen LogP contribution in [0.15, 0.2) is 0 Å². The summed E-state index contributed by atoms with van der Waals surface area (Å²) in [5.74, 6) is -0.107. The molecule has 0 fully saturated rings. The largest absolute Gasteiger partial charge is 0.464 e. The highest BCUT2D eigenvalue weighted by atomic mass is 16.5. The fourth-order valence-corrected chi connectivity index (χ4v) is 0.574. The summed E-state index contributed by atoms with van der Waals surface area (Å²) < 4.78 is 4.60. The first-order valence-corrected chi connectivity index (χ1v) is 3.55. The van der Waals surface area contributed by atoms with E-state index >= 15 is 0 Å². The second-order valence-corrected chi connectivity index (χ2v) is 2.09. The highest BCUT2D eigenvalue weighted by molar-refractivity contribution is 5.77. The van der Waals surface area contributed by atoms with Gasteiger partial charge in [0.2, 0.25) is 5.91 Å². The molecule has 0 aromatic carbocycles. The van der Waals surface area contributed by atoms with Gasteiger partial charge in [-0.25, -0.2) is 0 Å². The first-order valence-electron chi connectivity index (χ1n) is 3.55. The van der Waals surface area contributed by atoms with Crippen LogP contribution in [-0.2, 0) is 9.53 Å². The van der Waals surface area contributed by atoms with Gasteiger partial charge in [0, 0.05) is 0 Å². The molecule has 0 aliphatic heterocycles. The van der Waals surface area contributed by atoms with E-state index in [1.807, 2.05) is 0 Å². The van der Waals surface area contributed by atoms with Gasteiger partial charge in [0.1, 0.15) is 6.61 Å². The summed E-state index contributed by atoms with van der Waals surface area (Å²) in [4.78, 5) is 10.8. The molecule has 6 heteroatoms. The van der Waals surface area contributed by atoms with Crippen molar-refractivity contribution in [2.45, 2.75) is 0 Å². The summed E-state index contributed by atoms with van der Waals surface area (Å²) in [7, 11) is 1.69. The molecule has 0 aromatic heterocycles. The van der Waals surface area contributed by atoms with E-state index < -0.39 is 0 Å². The molecule has 0 heterocycles. The van der Waals surface area contributed by atoms with E-state index in [0.717, 1.165) is 0 Å². The van der Waals surface area contributed by atoms with Gasteiger partial charge in [-0.2, -0.15) is 0 Å². The van der Waals surface area contributed by atoms with E-state index in [1.165, 1.54) is 0 Å². The minimum Gasteiger partial charge on any atom is -0.464 e. The van der Waals surface area contributed by atoms with Crippen LogP contribution in [0.3, 0.4) is 0 Å². The van der Waals surface area contributed by atoms with Crippen LogP contribution in [0.1, 0.15) is 0 Å². The molecule has 0 saturated carbocycles. The van der Waals surface area contributed by atoms with Gasteiger partial charge in [-0.15, -0.1) is 0 Å². The first-order chi connectivity index (χ1) is 5.66. The average Bonchev–Trinajstić information content (AvgIpc) is 1.98. The quantitative estimate of drug-likeness (QED) is 0.225. The zero-order chi connectivity index (χ0) is 9.40. The van der Waals surface area contributed by atoms with Crippen molar-refractivity contribution < 1.29 is 9.53 Å². The third-order valence-electron chi connectivity index (χ3n) is 1.02. The number of amidine groups is 1. The smallest absolute Gasteiger partial charge is 0.279 e. The first kappa shape index (κ1) is 10.7. The second-order valence-electron chi connectivity index (χ2n) is 2.09. The topological polar surface area (TPSA) is 100 Å². The Hall–Kier alpha value is -1.30. The molecule has 70 valence electrons. The Morgan fingerprint density at radius 2 is 2.33 bits per heavy atom. The molecule has 0 saturated heterocycles. The molecule has 0 unspecified atom stereocenters. The summed E-state index contributed by atoms with van der Waals surface area (Å²) in [6, 6.07) is -0.335. The Balaban J connectivity index is 3.19. The number of amides is 1. The van der Waals surface area contributed by atoms with Crippen LogP contribution in [0.5, 0.6) is 0 Å². The lowest BCUT2D eigenvalue weighted by Gasteiger charge is -2.04. The second kappa shape index (κ2) is 6.41. The lowest BCUT2D eigenvalue weighted by atomic mass is 10.5. The molecular weight excluding hydrogens is 160 g/mol.